The molecule has 1 aromatic carbocycles. The van der Waals surface area contributed by atoms with Gasteiger partial charge in [-0.15, -0.1) is 0 Å². The summed E-state index contributed by atoms with van der Waals surface area (Å²) in [5.74, 6) is -0.699. The van der Waals surface area contributed by atoms with Gasteiger partial charge in [0.2, 0.25) is 5.91 Å². The van der Waals surface area contributed by atoms with Crippen molar-refractivity contribution in [2.24, 2.45) is 0 Å². The summed E-state index contributed by atoms with van der Waals surface area (Å²) >= 11 is 0. The van der Waals surface area contributed by atoms with Crippen LogP contribution in [0.25, 0.3) is 0 Å². The number of nitrogens with one attached hydrogen (secondary N) is 1. The number of aromatic nitrogens is 2. The van der Waals surface area contributed by atoms with E-state index in [1.54, 1.807) is 26.8 Å². The van der Waals surface area contributed by atoms with Crippen LogP contribution in [0.5, 0.6) is 0 Å². The van der Waals surface area contributed by atoms with Gasteiger partial charge in [-0.3, -0.25) is 9.36 Å². The Morgan fingerprint density at radius 3 is 2.48 bits per heavy atom. The molecule has 2 rings (SSSR count). The summed E-state index contributed by atoms with van der Waals surface area (Å²) in [6, 6.07) is 5.39. The summed E-state index contributed by atoms with van der Waals surface area (Å²) in [6.45, 7) is 4.97. The molecular weight excluding hydrogens is 335 g/mol. The minimum Gasteiger partial charge on any atom is -0.324 e. The number of hydrogen-bond donors (Lipinski definition) is 1. The van der Waals surface area contributed by atoms with E-state index >= 15 is 0 Å². The number of carbonyl (C=O) groups is 1. The van der Waals surface area contributed by atoms with Crippen LogP contribution in [-0.2, 0) is 11.0 Å². The average molecular weight is 353 g/mol. The topological polar surface area (TPSA) is 64.0 Å². The van der Waals surface area contributed by atoms with Crippen LogP contribution in [0.1, 0.15) is 36.3 Å². The molecule has 0 saturated carbocycles. The normalized spacial score (nSPS) is 12.7. The highest BCUT2D eigenvalue weighted by Gasteiger charge is 2.34. The van der Waals surface area contributed by atoms with Crippen molar-refractivity contribution in [3.8, 4) is 0 Å². The van der Waals surface area contributed by atoms with Crippen molar-refractivity contribution < 1.29 is 18.0 Å². The van der Waals surface area contributed by atoms with Crippen molar-refractivity contribution in [1.82, 2.24) is 9.55 Å². The van der Waals surface area contributed by atoms with Gasteiger partial charge < -0.3 is 5.32 Å². The molecule has 0 saturated heterocycles. The van der Waals surface area contributed by atoms with Crippen molar-refractivity contribution >= 4 is 11.6 Å². The van der Waals surface area contributed by atoms with Gasteiger partial charge in [-0.25, -0.2) is 4.79 Å². The molecule has 0 fully saturated rings. The molecule has 0 unspecified atom stereocenters. The smallest absolute Gasteiger partial charge is 0.324 e. The number of alkyl halides is 3. The molecule has 1 amide bonds. The molecule has 1 heterocycles. The maximum absolute atomic E-state index is 13.1. The first-order chi connectivity index (χ1) is 11.6. The zero-order valence-electron chi connectivity index (χ0n) is 14.0. The van der Waals surface area contributed by atoms with Gasteiger partial charge in [0.15, 0.2) is 0 Å². The van der Waals surface area contributed by atoms with E-state index in [0.717, 1.165) is 6.07 Å². The van der Waals surface area contributed by atoms with Crippen LogP contribution in [0.15, 0.2) is 35.1 Å². The van der Waals surface area contributed by atoms with Gasteiger partial charge in [-0.05, 0) is 38.5 Å². The molecule has 1 N–H and O–H groups in total. The molecule has 2 aromatic rings. The molecule has 0 spiro atoms. The largest absolute Gasteiger partial charge is 0.418 e. The van der Waals surface area contributed by atoms with E-state index in [4.69, 9.17) is 0 Å². The van der Waals surface area contributed by atoms with Gasteiger partial charge in [0.1, 0.15) is 6.04 Å². The Kier molecular flexibility index (Phi) is 5.30. The number of hydrogen-bond acceptors (Lipinski definition) is 3. The van der Waals surface area contributed by atoms with E-state index in [-0.39, 0.29) is 12.1 Å². The maximum atomic E-state index is 13.1. The van der Waals surface area contributed by atoms with Gasteiger partial charge in [-0.2, -0.15) is 18.2 Å². The molecular formula is C17H18F3N3O2. The van der Waals surface area contributed by atoms with E-state index in [9.17, 15) is 22.8 Å². The molecule has 0 bridgehead atoms. The van der Waals surface area contributed by atoms with Crippen LogP contribution < -0.4 is 11.0 Å². The second-order valence-corrected chi connectivity index (χ2v) is 5.65. The molecule has 0 aliphatic rings. The summed E-state index contributed by atoms with van der Waals surface area (Å²) < 4.78 is 40.4. The first-order valence-electron chi connectivity index (χ1n) is 7.69. The summed E-state index contributed by atoms with van der Waals surface area (Å²) in [4.78, 5) is 28.5. The van der Waals surface area contributed by atoms with Crippen molar-refractivity contribution in [3.63, 3.8) is 0 Å². The highest BCUT2D eigenvalue weighted by atomic mass is 19.4. The SMILES string of the molecule is CC[C@H](C(=O)Nc1ccccc1C(F)(F)F)n1c(C)cc(C)nc1=O. The molecule has 134 valence electrons. The number of para-hydroxylation sites is 1. The van der Waals surface area contributed by atoms with E-state index in [1.165, 1.54) is 22.8 Å². The Balaban J connectivity index is 2.39. The minimum atomic E-state index is -4.59. The summed E-state index contributed by atoms with van der Waals surface area (Å²) in [5.41, 5.74) is -0.864. The minimum absolute atomic E-state index is 0.228. The molecule has 25 heavy (non-hydrogen) atoms. The third kappa shape index (κ3) is 4.07. The molecule has 5 nitrogen and oxygen atoms in total. The van der Waals surface area contributed by atoms with E-state index in [2.05, 4.69) is 10.3 Å². The number of amides is 1. The van der Waals surface area contributed by atoms with E-state index in [1.807, 2.05) is 0 Å². The van der Waals surface area contributed by atoms with Crippen molar-refractivity contribution in [1.29, 1.82) is 0 Å². The van der Waals surface area contributed by atoms with Crippen LogP contribution in [0.3, 0.4) is 0 Å². The third-order valence-corrected chi connectivity index (χ3v) is 3.77. The van der Waals surface area contributed by atoms with Crippen LogP contribution in [0.4, 0.5) is 18.9 Å². The first-order valence-corrected chi connectivity index (χ1v) is 7.69. The van der Waals surface area contributed by atoms with Crippen LogP contribution in [0, 0.1) is 13.8 Å². The number of anilines is 1. The fraction of sp³-hybridized carbons (Fsp3) is 0.353. The molecule has 1 aromatic heterocycles. The summed E-state index contributed by atoms with van der Waals surface area (Å²) in [7, 11) is 0. The Morgan fingerprint density at radius 2 is 1.92 bits per heavy atom. The number of halogens is 3. The lowest BCUT2D eigenvalue weighted by molar-refractivity contribution is -0.137. The standard InChI is InChI=1S/C17H18F3N3O2/c1-4-14(23-11(3)9-10(2)21-16(23)25)15(24)22-13-8-6-5-7-12(13)17(18,19)20/h5-9,14H,4H2,1-3H3,(H,22,24)/t14-/m1/s1. The number of rotatable bonds is 4. The summed E-state index contributed by atoms with van der Waals surface area (Å²) in [5, 5.41) is 2.29. The lowest BCUT2D eigenvalue weighted by Gasteiger charge is -2.21. The molecule has 0 aliphatic carbocycles. The molecule has 8 heteroatoms. The zero-order chi connectivity index (χ0) is 18.8. The number of aryl methyl sites for hydroxylation is 2. The van der Waals surface area contributed by atoms with Gasteiger partial charge in [0, 0.05) is 11.4 Å². The highest BCUT2D eigenvalue weighted by molar-refractivity contribution is 5.94. The average Bonchev–Trinajstić information content (AvgIpc) is 2.50. The van der Waals surface area contributed by atoms with Crippen molar-refractivity contribution in [2.45, 2.75) is 39.4 Å². The first kappa shape index (κ1) is 18.7. The molecule has 1 atom stereocenters. The fourth-order valence-electron chi connectivity index (χ4n) is 2.68. The van der Waals surface area contributed by atoms with Crippen molar-refractivity contribution in [3.05, 3.63) is 57.8 Å². The van der Waals surface area contributed by atoms with Crippen molar-refractivity contribution in [2.75, 3.05) is 5.32 Å². The predicted molar refractivity (Wildman–Crippen MR) is 87.4 cm³/mol. The lowest BCUT2D eigenvalue weighted by Crippen LogP contribution is -2.36. The maximum Gasteiger partial charge on any atom is 0.418 e. The predicted octanol–water partition coefficient (Wildman–Crippen LogP) is 3.47. The van der Waals surface area contributed by atoms with Crippen LogP contribution in [0.2, 0.25) is 0 Å². The van der Waals surface area contributed by atoms with Gasteiger partial charge in [0.05, 0.1) is 11.3 Å². The van der Waals surface area contributed by atoms with E-state index in [0.29, 0.717) is 11.4 Å². The fourth-order valence-corrected chi connectivity index (χ4v) is 2.68. The summed E-state index contributed by atoms with van der Waals surface area (Å²) in [6.07, 6.45) is -4.37. The monoisotopic (exact) mass is 353 g/mol. The highest BCUT2D eigenvalue weighted by Crippen LogP contribution is 2.34. The second-order valence-electron chi connectivity index (χ2n) is 5.65. The lowest BCUT2D eigenvalue weighted by atomic mass is 10.1. The van der Waals surface area contributed by atoms with Gasteiger partial charge in [-0.1, -0.05) is 19.1 Å². The van der Waals surface area contributed by atoms with Gasteiger partial charge in [0.25, 0.3) is 0 Å². The van der Waals surface area contributed by atoms with Gasteiger partial charge >= 0.3 is 11.9 Å². The molecule has 0 aliphatic heterocycles. The van der Waals surface area contributed by atoms with Crippen LogP contribution in [-0.4, -0.2) is 15.5 Å². The third-order valence-electron chi connectivity index (χ3n) is 3.77. The zero-order valence-corrected chi connectivity index (χ0v) is 14.0. The Morgan fingerprint density at radius 1 is 1.28 bits per heavy atom. The Labute approximate surface area is 142 Å². The second kappa shape index (κ2) is 7.08. The Hall–Kier alpha value is -2.64. The van der Waals surface area contributed by atoms with E-state index < -0.39 is 29.4 Å². The van der Waals surface area contributed by atoms with Crippen LogP contribution >= 0.6 is 0 Å². The number of benzene rings is 1. The quantitative estimate of drug-likeness (QED) is 0.915. The molecule has 0 radical (unpaired) electrons. The number of nitrogens with zero attached hydrogens (tertiary/aromatic N) is 2. The Bertz CT molecular complexity index is 844. The number of carbonyl (C=O) groups excluding carboxylic acids is 1.